The summed E-state index contributed by atoms with van der Waals surface area (Å²) in [6.45, 7) is 3.81. The fraction of sp³-hybridized carbons (Fsp3) is 0.0667. The highest BCUT2D eigenvalue weighted by Crippen LogP contribution is 2.36. The quantitative estimate of drug-likeness (QED) is 0.548. The second-order valence-corrected chi connectivity index (χ2v) is 3.95. The molecule has 1 aliphatic rings. The maximum Gasteiger partial charge on any atom is -0.00132 e. The summed E-state index contributed by atoms with van der Waals surface area (Å²) in [7, 11) is 0. The van der Waals surface area contributed by atoms with Gasteiger partial charge in [0.1, 0.15) is 0 Å². The van der Waals surface area contributed by atoms with Gasteiger partial charge in [-0.05, 0) is 34.2 Å². The third-order valence-electron chi connectivity index (χ3n) is 3.05. The minimum atomic E-state index is 1.06. The molecule has 0 heteroatoms. The van der Waals surface area contributed by atoms with Gasteiger partial charge in [-0.2, -0.15) is 0 Å². The van der Waals surface area contributed by atoms with Crippen LogP contribution in [0.2, 0.25) is 0 Å². The Morgan fingerprint density at radius 1 is 0.933 bits per heavy atom. The lowest BCUT2D eigenvalue weighted by molar-refractivity contribution is 1.26. The van der Waals surface area contributed by atoms with Crippen LogP contribution in [0.4, 0.5) is 0 Å². The molecule has 2 aromatic carbocycles. The molecule has 0 heterocycles. The summed E-state index contributed by atoms with van der Waals surface area (Å²) < 4.78 is 0. The molecule has 0 bridgehead atoms. The first-order valence-corrected chi connectivity index (χ1v) is 5.22. The molecule has 0 unspecified atom stereocenters. The van der Waals surface area contributed by atoms with Crippen molar-refractivity contribution in [3.63, 3.8) is 0 Å². The summed E-state index contributed by atoms with van der Waals surface area (Å²) >= 11 is 0. The van der Waals surface area contributed by atoms with Crippen molar-refractivity contribution in [2.24, 2.45) is 0 Å². The Hall–Kier alpha value is -1.82. The molecule has 0 saturated heterocycles. The maximum absolute atomic E-state index is 3.81. The lowest BCUT2D eigenvalue weighted by atomic mass is 10.0. The number of rotatable bonds is 1. The minimum absolute atomic E-state index is 1.06. The number of hydrogen-bond donors (Lipinski definition) is 0. The van der Waals surface area contributed by atoms with Crippen LogP contribution < -0.4 is 0 Å². The van der Waals surface area contributed by atoms with E-state index in [1.54, 1.807) is 0 Å². The normalized spacial score (nSPS) is 12.0. The van der Waals surface area contributed by atoms with E-state index in [-0.39, 0.29) is 0 Å². The molecule has 0 saturated carbocycles. The first-order chi connectivity index (χ1) is 7.38. The molecule has 3 rings (SSSR count). The van der Waals surface area contributed by atoms with Crippen LogP contribution in [-0.4, -0.2) is 0 Å². The van der Waals surface area contributed by atoms with Crippen LogP contribution in [0, 0.1) is 0 Å². The van der Waals surface area contributed by atoms with E-state index < -0.39 is 0 Å². The number of benzene rings is 2. The average Bonchev–Trinajstić information content (AvgIpc) is 2.66. The van der Waals surface area contributed by atoms with Gasteiger partial charge < -0.3 is 0 Å². The first-order valence-electron chi connectivity index (χ1n) is 5.22. The van der Waals surface area contributed by atoms with Crippen molar-refractivity contribution in [3.05, 3.63) is 65.7 Å². The Kier molecular flexibility index (Phi) is 1.75. The largest absolute Gasteiger partial charge is 0.0985 e. The predicted molar refractivity (Wildman–Crippen MR) is 64.8 cm³/mol. The molecule has 0 amide bonds. The van der Waals surface area contributed by atoms with E-state index in [9.17, 15) is 0 Å². The lowest BCUT2D eigenvalue weighted by Gasteiger charge is -2.01. The van der Waals surface area contributed by atoms with Gasteiger partial charge in [-0.15, -0.1) is 0 Å². The van der Waals surface area contributed by atoms with Gasteiger partial charge in [0.05, 0.1) is 0 Å². The van der Waals surface area contributed by atoms with Crippen molar-refractivity contribution in [2.75, 3.05) is 0 Å². The molecule has 0 nitrogen and oxygen atoms in total. The van der Waals surface area contributed by atoms with Crippen LogP contribution in [0.15, 0.2) is 49.0 Å². The van der Waals surface area contributed by atoms with Crippen molar-refractivity contribution in [1.82, 2.24) is 0 Å². The van der Waals surface area contributed by atoms with Gasteiger partial charge >= 0.3 is 0 Å². The zero-order valence-corrected chi connectivity index (χ0v) is 8.53. The van der Waals surface area contributed by atoms with E-state index in [1.165, 1.54) is 27.8 Å². The van der Waals surface area contributed by atoms with Crippen LogP contribution >= 0.6 is 0 Å². The molecule has 2 aromatic rings. The maximum atomic E-state index is 3.81. The van der Waals surface area contributed by atoms with E-state index in [1.807, 2.05) is 6.08 Å². The number of hydrogen-bond acceptors (Lipinski definition) is 0. The van der Waals surface area contributed by atoms with Crippen LogP contribution in [-0.2, 0) is 6.42 Å². The summed E-state index contributed by atoms with van der Waals surface area (Å²) in [6, 6.07) is 15.2. The second-order valence-electron chi connectivity index (χ2n) is 3.95. The number of fused-ring (bicyclic) bond motifs is 3. The molecule has 0 atom stereocenters. The molecular formula is C15H12. The van der Waals surface area contributed by atoms with Crippen LogP contribution in [0.3, 0.4) is 0 Å². The van der Waals surface area contributed by atoms with Gasteiger partial charge in [0.15, 0.2) is 0 Å². The van der Waals surface area contributed by atoms with Gasteiger partial charge in [-0.3, -0.25) is 0 Å². The van der Waals surface area contributed by atoms with Crippen molar-refractivity contribution in [3.8, 4) is 11.1 Å². The Balaban J connectivity index is 2.22. The van der Waals surface area contributed by atoms with Gasteiger partial charge in [0.2, 0.25) is 0 Å². The van der Waals surface area contributed by atoms with Gasteiger partial charge in [-0.1, -0.05) is 55.1 Å². The van der Waals surface area contributed by atoms with Crippen LogP contribution in [0.1, 0.15) is 16.7 Å². The highest BCUT2D eigenvalue weighted by molar-refractivity contribution is 5.77. The lowest BCUT2D eigenvalue weighted by Crippen LogP contribution is -1.81. The standard InChI is InChI=1S/C15H12/c1-2-11-7-8-15-13(9-11)10-12-5-3-4-6-14(12)15/h2-9H,1,10H2. The summed E-state index contributed by atoms with van der Waals surface area (Å²) in [6.07, 6.45) is 2.97. The van der Waals surface area contributed by atoms with Crippen molar-refractivity contribution >= 4 is 6.08 Å². The van der Waals surface area contributed by atoms with Gasteiger partial charge in [0, 0.05) is 0 Å². The van der Waals surface area contributed by atoms with Crippen molar-refractivity contribution in [1.29, 1.82) is 0 Å². The molecule has 0 aliphatic heterocycles. The van der Waals surface area contributed by atoms with E-state index in [2.05, 4.69) is 49.0 Å². The molecule has 1 aliphatic carbocycles. The topological polar surface area (TPSA) is 0 Å². The molecular weight excluding hydrogens is 180 g/mol. The predicted octanol–water partition coefficient (Wildman–Crippen LogP) is 3.90. The smallest absolute Gasteiger partial charge is 0.00132 e. The highest BCUT2D eigenvalue weighted by Gasteiger charge is 2.16. The SMILES string of the molecule is C=Cc1ccc2c(c1)Cc1ccccc1-2. The molecule has 0 N–H and O–H groups in total. The Morgan fingerprint density at radius 3 is 2.60 bits per heavy atom. The summed E-state index contributed by atoms with van der Waals surface area (Å²) in [5.41, 5.74) is 6.85. The van der Waals surface area contributed by atoms with E-state index in [0.717, 1.165) is 6.42 Å². The van der Waals surface area contributed by atoms with E-state index in [4.69, 9.17) is 0 Å². The van der Waals surface area contributed by atoms with Crippen molar-refractivity contribution in [2.45, 2.75) is 6.42 Å². The fourth-order valence-corrected chi connectivity index (χ4v) is 2.29. The van der Waals surface area contributed by atoms with Crippen molar-refractivity contribution < 1.29 is 0 Å². The van der Waals surface area contributed by atoms with Crippen LogP contribution in [0.5, 0.6) is 0 Å². The fourth-order valence-electron chi connectivity index (χ4n) is 2.29. The van der Waals surface area contributed by atoms with E-state index >= 15 is 0 Å². The third kappa shape index (κ3) is 1.22. The van der Waals surface area contributed by atoms with E-state index in [0.29, 0.717) is 0 Å². The molecule has 0 spiro atoms. The first kappa shape index (κ1) is 8.49. The van der Waals surface area contributed by atoms with Gasteiger partial charge in [0.25, 0.3) is 0 Å². The average molecular weight is 192 g/mol. The Morgan fingerprint density at radius 2 is 1.73 bits per heavy atom. The van der Waals surface area contributed by atoms with Gasteiger partial charge in [-0.25, -0.2) is 0 Å². The molecule has 15 heavy (non-hydrogen) atoms. The summed E-state index contributed by atoms with van der Waals surface area (Å²) in [5, 5.41) is 0. The zero-order chi connectivity index (χ0) is 10.3. The summed E-state index contributed by atoms with van der Waals surface area (Å²) in [5.74, 6) is 0. The second kappa shape index (κ2) is 3.09. The Labute approximate surface area is 89.9 Å². The molecule has 0 fully saturated rings. The summed E-state index contributed by atoms with van der Waals surface area (Å²) in [4.78, 5) is 0. The van der Waals surface area contributed by atoms with Crippen LogP contribution in [0.25, 0.3) is 17.2 Å². The monoisotopic (exact) mass is 192 g/mol. The molecule has 0 aromatic heterocycles. The molecule has 72 valence electrons. The minimum Gasteiger partial charge on any atom is -0.0985 e. The third-order valence-corrected chi connectivity index (χ3v) is 3.05. The highest BCUT2D eigenvalue weighted by atomic mass is 14.2. The Bertz CT molecular complexity index is 535. The molecule has 0 radical (unpaired) electrons. The zero-order valence-electron chi connectivity index (χ0n) is 8.53.